The van der Waals surface area contributed by atoms with E-state index >= 15 is 0 Å². The van der Waals surface area contributed by atoms with Crippen LogP contribution in [0.1, 0.15) is 55.3 Å². The number of carboxylic acid groups (broad SMARTS) is 1. The van der Waals surface area contributed by atoms with E-state index in [0.29, 0.717) is 62.2 Å². The van der Waals surface area contributed by atoms with Crippen LogP contribution >= 0.6 is 23.2 Å². The van der Waals surface area contributed by atoms with Crippen LogP contribution in [0, 0.1) is 27.7 Å². The predicted molar refractivity (Wildman–Crippen MR) is 223 cm³/mol. The summed E-state index contributed by atoms with van der Waals surface area (Å²) < 4.78 is 17.8. The zero-order valence-electron chi connectivity index (χ0n) is 32.8. The number of nitrogens with one attached hydrogen (secondary N) is 1. The second-order valence-electron chi connectivity index (χ2n) is 14.7. The lowest BCUT2D eigenvalue weighted by Crippen LogP contribution is -2.38. The molecule has 11 nitrogen and oxygen atoms in total. The molecule has 0 unspecified atom stereocenters. The van der Waals surface area contributed by atoms with Gasteiger partial charge in [-0.05, 0) is 93.6 Å². The second kappa shape index (κ2) is 16.3. The van der Waals surface area contributed by atoms with Gasteiger partial charge in [0.25, 0.3) is 0 Å². The molecular formula is C43H48Cl2N6O5. The van der Waals surface area contributed by atoms with E-state index in [-0.39, 0.29) is 17.9 Å². The van der Waals surface area contributed by atoms with Crippen molar-refractivity contribution in [3.8, 4) is 16.9 Å². The van der Waals surface area contributed by atoms with Crippen molar-refractivity contribution < 1.29 is 24.2 Å². The molecule has 3 aromatic heterocycles. The minimum absolute atomic E-state index is 0.0538. The van der Waals surface area contributed by atoms with Crippen molar-refractivity contribution in [3.63, 3.8) is 0 Å². The lowest BCUT2D eigenvalue weighted by Gasteiger charge is -2.27. The van der Waals surface area contributed by atoms with E-state index in [1.54, 1.807) is 12.1 Å². The Morgan fingerprint density at radius 3 is 2.36 bits per heavy atom. The highest BCUT2D eigenvalue weighted by atomic mass is 35.5. The fourth-order valence-corrected chi connectivity index (χ4v) is 8.41. The van der Waals surface area contributed by atoms with Gasteiger partial charge in [0.15, 0.2) is 5.78 Å². The Labute approximate surface area is 336 Å². The first-order valence-electron chi connectivity index (χ1n) is 19.0. The summed E-state index contributed by atoms with van der Waals surface area (Å²) in [7, 11) is 3.80. The van der Waals surface area contributed by atoms with Crippen molar-refractivity contribution in [2.45, 2.75) is 47.1 Å². The van der Waals surface area contributed by atoms with Gasteiger partial charge in [0.2, 0.25) is 0 Å². The molecule has 0 bridgehead atoms. The van der Waals surface area contributed by atoms with E-state index in [0.717, 1.165) is 84.9 Å². The number of Topliss-reactive ketones (excluding diaryl/α,β-unsaturated/α-hetero) is 1. The van der Waals surface area contributed by atoms with Crippen LogP contribution in [0.5, 0.6) is 5.75 Å². The first kappa shape index (κ1) is 39.4. The molecule has 0 amide bonds. The van der Waals surface area contributed by atoms with E-state index in [1.165, 1.54) is 0 Å². The maximum Gasteiger partial charge on any atom is 0.335 e. The van der Waals surface area contributed by atoms with E-state index < -0.39 is 5.97 Å². The first-order chi connectivity index (χ1) is 26.8. The van der Waals surface area contributed by atoms with Gasteiger partial charge in [0, 0.05) is 84.8 Å². The average molecular weight is 800 g/mol. The minimum atomic E-state index is -1.04. The zero-order valence-corrected chi connectivity index (χ0v) is 34.3. The normalized spacial score (nSPS) is 13.6. The number of halogens is 2. The van der Waals surface area contributed by atoms with E-state index in [1.807, 2.05) is 87.6 Å². The van der Waals surface area contributed by atoms with Crippen molar-refractivity contribution >= 4 is 62.4 Å². The van der Waals surface area contributed by atoms with E-state index in [4.69, 9.17) is 37.8 Å². The van der Waals surface area contributed by atoms with Crippen LogP contribution in [0.25, 0.3) is 32.9 Å². The van der Waals surface area contributed by atoms with Crippen molar-refractivity contribution in [1.29, 1.82) is 0 Å². The SMILES string of the molecule is Cc1cc(OCCCc2c(C(=O)CNc3cc(C(=O)O)cc4c3ccn4C)n(CCN3CCOCC3)c3c(-c4c(C)nn(C)c4C)c(Cl)ccc23)cc(C)c1Cl. The van der Waals surface area contributed by atoms with Crippen LogP contribution in [-0.4, -0.2) is 86.7 Å². The Kier molecular flexibility index (Phi) is 11.5. The number of aromatic carboxylic acids is 1. The summed E-state index contributed by atoms with van der Waals surface area (Å²) in [6.07, 6.45) is 3.09. The van der Waals surface area contributed by atoms with Gasteiger partial charge in [0.1, 0.15) is 5.75 Å². The maximum atomic E-state index is 14.9. The summed E-state index contributed by atoms with van der Waals surface area (Å²) >= 11 is 13.6. The summed E-state index contributed by atoms with van der Waals surface area (Å²) in [5, 5.41) is 21.1. The number of hydrogen-bond donors (Lipinski definition) is 2. The highest BCUT2D eigenvalue weighted by molar-refractivity contribution is 6.35. The smallest absolute Gasteiger partial charge is 0.335 e. The number of aryl methyl sites for hydroxylation is 6. The number of ether oxygens (including phenoxy) is 2. The van der Waals surface area contributed by atoms with Gasteiger partial charge in [-0.25, -0.2) is 4.79 Å². The number of aromatic nitrogens is 4. The molecule has 1 saturated heterocycles. The van der Waals surface area contributed by atoms with E-state index in [2.05, 4.69) is 14.8 Å². The van der Waals surface area contributed by atoms with Crippen molar-refractivity contribution in [2.24, 2.45) is 14.1 Å². The Morgan fingerprint density at radius 1 is 0.946 bits per heavy atom. The molecular weight excluding hydrogens is 751 g/mol. The van der Waals surface area contributed by atoms with Crippen molar-refractivity contribution in [3.05, 3.63) is 98.0 Å². The van der Waals surface area contributed by atoms with Crippen molar-refractivity contribution in [1.82, 2.24) is 23.8 Å². The summed E-state index contributed by atoms with van der Waals surface area (Å²) in [4.78, 5) is 29.4. The van der Waals surface area contributed by atoms with Crippen LogP contribution in [0.3, 0.4) is 0 Å². The number of carbonyl (C=O) groups excluding carboxylic acids is 1. The molecule has 294 valence electrons. The van der Waals surface area contributed by atoms with Gasteiger partial charge < -0.3 is 29.0 Å². The number of benzene rings is 3. The van der Waals surface area contributed by atoms with Gasteiger partial charge >= 0.3 is 5.97 Å². The van der Waals surface area contributed by atoms with Gasteiger partial charge in [-0.2, -0.15) is 5.10 Å². The Balaban J connectivity index is 1.34. The number of anilines is 1. The summed E-state index contributed by atoms with van der Waals surface area (Å²) in [6, 6.07) is 13.0. The molecule has 1 aliphatic heterocycles. The second-order valence-corrected chi connectivity index (χ2v) is 15.5. The number of hydrogen-bond acceptors (Lipinski definition) is 7. The molecule has 13 heteroatoms. The topological polar surface area (TPSA) is 116 Å². The summed E-state index contributed by atoms with van der Waals surface area (Å²) in [6.45, 7) is 12.5. The van der Waals surface area contributed by atoms with Crippen LogP contribution in [0.15, 0.2) is 48.7 Å². The number of fused-ring (bicyclic) bond motifs is 2. The molecule has 0 atom stereocenters. The number of rotatable bonds is 14. The minimum Gasteiger partial charge on any atom is -0.494 e. The fraction of sp³-hybridized carbons (Fsp3) is 0.372. The molecule has 1 fully saturated rings. The number of carboxylic acids is 1. The highest BCUT2D eigenvalue weighted by Gasteiger charge is 2.28. The maximum absolute atomic E-state index is 14.9. The van der Waals surface area contributed by atoms with Crippen LogP contribution in [0.4, 0.5) is 5.69 Å². The highest BCUT2D eigenvalue weighted by Crippen LogP contribution is 2.42. The van der Waals surface area contributed by atoms with Gasteiger partial charge in [0.05, 0.1) is 59.4 Å². The quantitative estimate of drug-likeness (QED) is 0.0834. The Morgan fingerprint density at radius 2 is 1.68 bits per heavy atom. The monoisotopic (exact) mass is 798 g/mol. The Bertz CT molecular complexity index is 2450. The van der Waals surface area contributed by atoms with Crippen LogP contribution in [0.2, 0.25) is 10.0 Å². The third kappa shape index (κ3) is 7.65. The molecule has 0 saturated carbocycles. The predicted octanol–water partition coefficient (Wildman–Crippen LogP) is 8.41. The average Bonchev–Trinajstić information content (AvgIpc) is 3.79. The molecule has 0 spiro atoms. The largest absolute Gasteiger partial charge is 0.494 e. The van der Waals surface area contributed by atoms with Gasteiger partial charge in [-0.15, -0.1) is 0 Å². The van der Waals surface area contributed by atoms with Crippen LogP contribution in [-0.2, 0) is 31.8 Å². The molecule has 7 rings (SSSR count). The summed E-state index contributed by atoms with van der Waals surface area (Å²) in [5.74, 6) is -0.399. The molecule has 0 aliphatic carbocycles. The van der Waals surface area contributed by atoms with Gasteiger partial charge in [-0.1, -0.05) is 29.3 Å². The molecule has 56 heavy (non-hydrogen) atoms. The van der Waals surface area contributed by atoms with E-state index in [9.17, 15) is 14.7 Å². The number of morpholine rings is 1. The zero-order chi connectivity index (χ0) is 39.8. The third-order valence-corrected chi connectivity index (χ3v) is 11.9. The lowest BCUT2D eigenvalue weighted by atomic mass is 9.98. The first-order valence-corrected chi connectivity index (χ1v) is 19.7. The van der Waals surface area contributed by atoms with Gasteiger partial charge in [-0.3, -0.25) is 14.4 Å². The molecule has 4 heterocycles. The summed E-state index contributed by atoms with van der Waals surface area (Å²) in [5.41, 5.74) is 9.43. The van der Waals surface area contributed by atoms with Crippen molar-refractivity contribution in [2.75, 3.05) is 51.3 Å². The third-order valence-electron chi connectivity index (χ3n) is 11.0. The number of nitrogens with zero attached hydrogens (tertiary/aromatic N) is 5. The Hall–Kier alpha value is -4.81. The lowest BCUT2D eigenvalue weighted by molar-refractivity contribution is 0.0364. The molecule has 3 aromatic carbocycles. The number of ketones is 1. The standard InChI is InChI=1S/C43H48Cl2N6O5/c1-25-20-30(21-26(2)40(25)45)56-17-7-8-31-32-9-10-34(44)39(38-27(3)47-49(6)28(38)4)42(32)51(14-13-50-15-18-55-19-16-50)41(31)37(52)24-46-35-22-29(43(53)54)23-36-33(35)11-12-48(36)5/h9-12,20-23,46H,7-8,13-19,24H2,1-6H3,(H,53,54). The van der Waals surface area contributed by atoms with Crippen LogP contribution < -0.4 is 10.1 Å². The number of carbonyl (C=O) groups is 2. The molecule has 6 aromatic rings. The molecule has 1 aliphatic rings. The molecule has 0 radical (unpaired) electrons. The fourth-order valence-electron chi connectivity index (χ4n) is 8.06. The molecule has 2 N–H and O–H groups in total.